The fourth-order valence-electron chi connectivity index (χ4n) is 2.60. The quantitative estimate of drug-likeness (QED) is 0.904. The Balaban J connectivity index is 2.31. The molecule has 0 aliphatic rings. The normalized spacial score (nSPS) is 12.2. The van der Waals surface area contributed by atoms with Crippen LogP contribution in [0.5, 0.6) is 5.75 Å². The van der Waals surface area contributed by atoms with Gasteiger partial charge in [-0.3, -0.25) is 0 Å². The van der Waals surface area contributed by atoms with E-state index in [1.54, 1.807) is 7.11 Å². The number of benzene rings is 2. The van der Waals surface area contributed by atoms with Crippen LogP contribution in [-0.4, -0.2) is 7.11 Å². The van der Waals surface area contributed by atoms with E-state index in [4.69, 9.17) is 10.5 Å². The molecule has 3 heteroatoms. The highest BCUT2D eigenvalue weighted by molar-refractivity contribution is 9.10. The zero-order valence-corrected chi connectivity index (χ0v) is 13.7. The lowest BCUT2D eigenvalue weighted by molar-refractivity contribution is 0.404. The predicted octanol–water partition coefficient (Wildman–Crippen LogP) is 4.32. The van der Waals surface area contributed by atoms with Crippen LogP contribution < -0.4 is 10.5 Å². The van der Waals surface area contributed by atoms with Crippen LogP contribution >= 0.6 is 15.9 Å². The fourth-order valence-corrected chi connectivity index (χ4v) is 3.05. The van der Waals surface area contributed by atoms with Crippen molar-refractivity contribution in [2.75, 3.05) is 7.11 Å². The Morgan fingerprint density at radius 2 is 1.95 bits per heavy atom. The van der Waals surface area contributed by atoms with Crippen LogP contribution in [0.2, 0.25) is 0 Å². The summed E-state index contributed by atoms with van der Waals surface area (Å²) in [5, 5.41) is 0. The molecule has 0 bridgehead atoms. The van der Waals surface area contributed by atoms with Gasteiger partial charge in [0.15, 0.2) is 0 Å². The second-order valence-corrected chi connectivity index (χ2v) is 6.05. The third-order valence-corrected chi connectivity index (χ3v) is 3.92. The lowest BCUT2D eigenvalue weighted by Gasteiger charge is -2.19. The Morgan fingerprint density at radius 3 is 2.60 bits per heavy atom. The summed E-state index contributed by atoms with van der Waals surface area (Å²) in [6.45, 7) is 4.16. The van der Waals surface area contributed by atoms with Crippen molar-refractivity contribution in [2.24, 2.45) is 5.73 Å². The summed E-state index contributed by atoms with van der Waals surface area (Å²) < 4.78 is 6.58. The van der Waals surface area contributed by atoms with E-state index in [1.165, 1.54) is 16.7 Å². The van der Waals surface area contributed by atoms with Crippen molar-refractivity contribution in [2.45, 2.75) is 26.3 Å². The van der Waals surface area contributed by atoms with Crippen LogP contribution in [-0.2, 0) is 6.42 Å². The highest BCUT2D eigenvalue weighted by Gasteiger charge is 2.16. The Kier molecular flexibility index (Phi) is 4.84. The minimum Gasteiger partial charge on any atom is -0.496 e. The molecule has 2 N–H and O–H groups in total. The van der Waals surface area contributed by atoms with Crippen LogP contribution in [0, 0.1) is 13.8 Å². The van der Waals surface area contributed by atoms with E-state index in [1.807, 2.05) is 18.2 Å². The zero-order chi connectivity index (χ0) is 14.7. The number of hydrogen-bond donors (Lipinski definition) is 1. The maximum absolute atomic E-state index is 6.41. The van der Waals surface area contributed by atoms with Gasteiger partial charge in [-0.2, -0.15) is 0 Å². The summed E-state index contributed by atoms with van der Waals surface area (Å²) in [6, 6.07) is 12.4. The summed E-state index contributed by atoms with van der Waals surface area (Å²) in [4.78, 5) is 0. The molecule has 0 spiro atoms. The molecule has 2 aromatic rings. The smallest absolute Gasteiger partial charge is 0.124 e. The van der Waals surface area contributed by atoms with E-state index >= 15 is 0 Å². The van der Waals surface area contributed by atoms with Gasteiger partial charge in [-0.1, -0.05) is 34.1 Å². The standard InChI is InChI=1S/C17H20BrNO/c1-11-7-12(2)17(16(8-11)20-3)15(19)10-13-5-4-6-14(18)9-13/h4-9,15H,10,19H2,1-3H3. The molecule has 0 saturated carbocycles. The molecule has 0 fully saturated rings. The first-order valence-corrected chi connectivity index (χ1v) is 7.45. The number of methoxy groups -OCH3 is 1. The number of ether oxygens (including phenoxy) is 1. The van der Waals surface area contributed by atoms with Gasteiger partial charge in [-0.15, -0.1) is 0 Å². The Morgan fingerprint density at radius 1 is 1.20 bits per heavy atom. The summed E-state index contributed by atoms with van der Waals surface area (Å²) in [6.07, 6.45) is 0.791. The molecule has 2 nitrogen and oxygen atoms in total. The van der Waals surface area contributed by atoms with E-state index in [2.05, 4.69) is 48.0 Å². The summed E-state index contributed by atoms with van der Waals surface area (Å²) in [5.74, 6) is 0.880. The third kappa shape index (κ3) is 3.41. The Labute approximate surface area is 129 Å². The van der Waals surface area contributed by atoms with Crippen LogP contribution in [0.15, 0.2) is 40.9 Å². The molecule has 0 aliphatic carbocycles. The first-order chi connectivity index (χ1) is 9.51. The molecule has 2 rings (SSSR count). The van der Waals surface area contributed by atoms with Crippen molar-refractivity contribution in [1.29, 1.82) is 0 Å². The zero-order valence-electron chi connectivity index (χ0n) is 12.1. The van der Waals surface area contributed by atoms with Gasteiger partial charge < -0.3 is 10.5 Å². The van der Waals surface area contributed by atoms with Crippen molar-refractivity contribution in [3.05, 3.63) is 63.1 Å². The molecule has 0 aromatic heterocycles. The average Bonchev–Trinajstić information content (AvgIpc) is 2.37. The van der Waals surface area contributed by atoms with Crippen molar-refractivity contribution < 1.29 is 4.74 Å². The number of halogens is 1. The second kappa shape index (κ2) is 6.42. The van der Waals surface area contributed by atoms with Crippen molar-refractivity contribution in [1.82, 2.24) is 0 Å². The first kappa shape index (κ1) is 15.1. The second-order valence-electron chi connectivity index (χ2n) is 5.14. The maximum Gasteiger partial charge on any atom is 0.124 e. The summed E-state index contributed by atoms with van der Waals surface area (Å²) in [7, 11) is 1.70. The van der Waals surface area contributed by atoms with E-state index < -0.39 is 0 Å². The Bertz CT molecular complexity index is 610. The number of aryl methyl sites for hydroxylation is 2. The number of hydrogen-bond acceptors (Lipinski definition) is 2. The molecule has 0 radical (unpaired) electrons. The van der Waals surface area contributed by atoms with Gasteiger partial charge in [0, 0.05) is 16.1 Å². The number of rotatable bonds is 4. The van der Waals surface area contributed by atoms with Gasteiger partial charge in [0.05, 0.1) is 7.11 Å². The fraction of sp³-hybridized carbons (Fsp3) is 0.294. The molecule has 0 aliphatic heterocycles. The van der Waals surface area contributed by atoms with Gasteiger partial charge in [-0.05, 0) is 55.2 Å². The van der Waals surface area contributed by atoms with Crippen LogP contribution in [0.1, 0.15) is 28.3 Å². The molecular formula is C17H20BrNO. The molecule has 106 valence electrons. The van der Waals surface area contributed by atoms with E-state index in [9.17, 15) is 0 Å². The van der Waals surface area contributed by atoms with Crippen molar-refractivity contribution >= 4 is 15.9 Å². The average molecular weight is 334 g/mol. The van der Waals surface area contributed by atoms with E-state index in [0.29, 0.717) is 0 Å². The lowest BCUT2D eigenvalue weighted by Crippen LogP contribution is -2.16. The molecule has 0 amide bonds. The van der Waals surface area contributed by atoms with Gasteiger partial charge >= 0.3 is 0 Å². The highest BCUT2D eigenvalue weighted by Crippen LogP contribution is 2.31. The highest BCUT2D eigenvalue weighted by atomic mass is 79.9. The van der Waals surface area contributed by atoms with Gasteiger partial charge in [0.25, 0.3) is 0 Å². The lowest BCUT2D eigenvalue weighted by atomic mass is 9.94. The van der Waals surface area contributed by atoms with Crippen molar-refractivity contribution in [3.8, 4) is 5.75 Å². The SMILES string of the molecule is COc1cc(C)cc(C)c1C(N)Cc1cccc(Br)c1. The minimum absolute atomic E-state index is 0.0696. The van der Waals surface area contributed by atoms with Crippen LogP contribution in [0.25, 0.3) is 0 Å². The van der Waals surface area contributed by atoms with Gasteiger partial charge in [0.2, 0.25) is 0 Å². The molecule has 1 atom stereocenters. The molecular weight excluding hydrogens is 314 g/mol. The van der Waals surface area contributed by atoms with E-state index in [0.717, 1.165) is 22.2 Å². The van der Waals surface area contributed by atoms with Gasteiger partial charge in [0.1, 0.15) is 5.75 Å². The molecule has 0 heterocycles. The maximum atomic E-state index is 6.41. The molecule has 2 aromatic carbocycles. The summed E-state index contributed by atoms with van der Waals surface area (Å²) in [5.41, 5.74) is 11.1. The first-order valence-electron chi connectivity index (χ1n) is 6.66. The largest absolute Gasteiger partial charge is 0.496 e. The summed E-state index contributed by atoms with van der Waals surface area (Å²) >= 11 is 3.49. The van der Waals surface area contributed by atoms with Crippen molar-refractivity contribution in [3.63, 3.8) is 0 Å². The third-order valence-electron chi connectivity index (χ3n) is 3.43. The van der Waals surface area contributed by atoms with Crippen LogP contribution in [0.3, 0.4) is 0 Å². The van der Waals surface area contributed by atoms with Crippen LogP contribution in [0.4, 0.5) is 0 Å². The molecule has 1 unspecified atom stereocenters. The predicted molar refractivity (Wildman–Crippen MR) is 87.2 cm³/mol. The molecule has 0 saturated heterocycles. The van der Waals surface area contributed by atoms with E-state index in [-0.39, 0.29) is 6.04 Å². The topological polar surface area (TPSA) is 35.2 Å². The van der Waals surface area contributed by atoms with Gasteiger partial charge in [-0.25, -0.2) is 0 Å². The monoisotopic (exact) mass is 333 g/mol. The Hall–Kier alpha value is -1.32. The minimum atomic E-state index is -0.0696. The molecule has 20 heavy (non-hydrogen) atoms. The number of nitrogens with two attached hydrogens (primary N) is 1.